The lowest BCUT2D eigenvalue weighted by molar-refractivity contribution is 0.592. The standard InChI is InChI=1S/C14H20N2/c1-5-15-13-9-12-10(6-7-16-12)8-11(13)14(2,3)4/h6-9,15-16H,5H2,1-4H3. The zero-order valence-corrected chi connectivity index (χ0v) is 10.5. The van der Waals surface area contributed by atoms with Gasteiger partial charge in [-0.15, -0.1) is 0 Å². The highest BCUT2D eigenvalue weighted by Gasteiger charge is 2.18. The van der Waals surface area contributed by atoms with Gasteiger partial charge in [0.15, 0.2) is 0 Å². The van der Waals surface area contributed by atoms with E-state index in [0.717, 1.165) is 6.54 Å². The number of fused-ring (bicyclic) bond motifs is 1. The Morgan fingerprint density at radius 3 is 2.62 bits per heavy atom. The molecular weight excluding hydrogens is 196 g/mol. The monoisotopic (exact) mass is 216 g/mol. The summed E-state index contributed by atoms with van der Waals surface area (Å²) in [4.78, 5) is 3.26. The first kappa shape index (κ1) is 11.1. The predicted octanol–water partition coefficient (Wildman–Crippen LogP) is 3.90. The molecule has 16 heavy (non-hydrogen) atoms. The van der Waals surface area contributed by atoms with Crippen molar-refractivity contribution in [2.45, 2.75) is 33.1 Å². The molecule has 0 aliphatic heterocycles. The maximum Gasteiger partial charge on any atom is 0.0474 e. The fourth-order valence-corrected chi connectivity index (χ4v) is 2.06. The molecule has 0 fully saturated rings. The van der Waals surface area contributed by atoms with Crippen molar-refractivity contribution >= 4 is 16.6 Å². The summed E-state index contributed by atoms with van der Waals surface area (Å²) in [6.07, 6.45) is 1.99. The van der Waals surface area contributed by atoms with E-state index in [1.165, 1.54) is 22.2 Å². The SMILES string of the molecule is CCNc1cc2[nH]ccc2cc1C(C)(C)C. The lowest BCUT2D eigenvalue weighted by Gasteiger charge is -2.23. The number of hydrogen-bond acceptors (Lipinski definition) is 1. The van der Waals surface area contributed by atoms with Crippen LogP contribution >= 0.6 is 0 Å². The summed E-state index contributed by atoms with van der Waals surface area (Å²) in [5, 5.41) is 4.73. The van der Waals surface area contributed by atoms with Crippen molar-refractivity contribution < 1.29 is 0 Å². The van der Waals surface area contributed by atoms with Crippen LogP contribution in [0.15, 0.2) is 24.4 Å². The highest BCUT2D eigenvalue weighted by Crippen LogP contribution is 2.32. The Labute approximate surface area is 97.1 Å². The van der Waals surface area contributed by atoms with Crippen molar-refractivity contribution in [3.63, 3.8) is 0 Å². The Hall–Kier alpha value is -1.44. The molecule has 2 nitrogen and oxygen atoms in total. The lowest BCUT2D eigenvalue weighted by Crippen LogP contribution is -2.14. The van der Waals surface area contributed by atoms with Crippen molar-refractivity contribution in [2.75, 3.05) is 11.9 Å². The minimum Gasteiger partial charge on any atom is -0.385 e. The number of benzene rings is 1. The van der Waals surface area contributed by atoms with Gasteiger partial charge in [-0.05, 0) is 41.5 Å². The quantitative estimate of drug-likeness (QED) is 0.783. The van der Waals surface area contributed by atoms with Crippen LogP contribution < -0.4 is 5.32 Å². The van der Waals surface area contributed by atoms with Crippen LogP contribution in [0.4, 0.5) is 5.69 Å². The number of hydrogen-bond donors (Lipinski definition) is 2. The van der Waals surface area contributed by atoms with Crippen LogP contribution in [-0.2, 0) is 5.41 Å². The maximum absolute atomic E-state index is 3.44. The van der Waals surface area contributed by atoms with Crippen molar-refractivity contribution in [3.05, 3.63) is 30.0 Å². The molecule has 0 spiro atoms. The molecule has 1 aromatic carbocycles. The Bertz CT molecular complexity index is 489. The van der Waals surface area contributed by atoms with E-state index in [-0.39, 0.29) is 5.41 Å². The Morgan fingerprint density at radius 2 is 2.00 bits per heavy atom. The second-order valence-corrected chi connectivity index (χ2v) is 5.24. The Morgan fingerprint density at radius 1 is 1.25 bits per heavy atom. The van der Waals surface area contributed by atoms with Crippen molar-refractivity contribution in [2.24, 2.45) is 0 Å². The summed E-state index contributed by atoms with van der Waals surface area (Å²) >= 11 is 0. The van der Waals surface area contributed by atoms with Crippen LogP contribution in [0, 0.1) is 0 Å². The van der Waals surface area contributed by atoms with E-state index in [9.17, 15) is 0 Å². The second-order valence-electron chi connectivity index (χ2n) is 5.24. The van der Waals surface area contributed by atoms with Crippen molar-refractivity contribution in [3.8, 4) is 0 Å². The largest absolute Gasteiger partial charge is 0.385 e. The van der Waals surface area contributed by atoms with Gasteiger partial charge in [0.1, 0.15) is 0 Å². The highest BCUT2D eigenvalue weighted by atomic mass is 14.9. The van der Waals surface area contributed by atoms with Crippen LogP contribution in [0.1, 0.15) is 33.3 Å². The van der Waals surface area contributed by atoms with Gasteiger partial charge in [0.25, 0.3) is 0 Å². The predicted molar refractivity (Wildman–Crippen MR) is 71.2 cm³/mol. The molecular formula is C14H20N2. The summed E-state index contributed by atoms with van der Waals surface area (Å²) in [6.45, 7) is 9.84. The fourth-order valence-electron chi connectivity index (χ4n) is 2.06. The topological polar surface area (TPSA) is 27.8 Å². The minimum atomic E-state index is 0.170. The molecule has 2 N–H and O–H groups in total. The van der Waals surface area contributed by atoms with Crippen molar-refractivity contribution in [1.82, 2.24) is 4.98 Å². The summed E-state index contributed by atoms with van der Waals surface area (Å²) in [7, 11) is 0. The molecule has 0 bridgehead atoms. The number of aromatic nitrogens is 1. The fraction of sp³-hybridized carbons (Fsp3) is 0.429. The molecule has 86 valence electrons. The first-order valence-corrected chi connectivity index (χ1v) is 5.88. The van der Waals surface area contributed by atoms with E-state index in [1.807, 2.05) is 6.20 Å². The van der Waals surface area contributed by atoms with Crippen LogP contribution in [0.25, 0.3) is 10.9 Å². The van der Waals surface area contributed by atoms with Gasteiger partial charge in [0, 0.05) is 23.9 Å². The van der Waals surface area contributed by atoms with Gasteiger partial charge in [-0.3, -0.25) is 0 Å². The third kappa shape index (κ3) is 1.92. The Kier molecular flexibility index (Phi) is 2.66. The van der Waals surface area contributed by atoms with Gasteiger partial charge < -0.3 is 10.3 Å². The molecule has 1 heterocycles. The first-order valence-electron chi connectivity index (χ1n) is 5.88. The van der Waals surface area contributed by atoms with Crippen LogP contribution in [-0.4, -0.2) is 11.5 Å². The van der Waals surface area contributed by atoms with Crippen LogP contribution in [0.3, 0.4) is 0 Å². The molecule has 0 unspecified atom stereocenters. The summed E-state index contributed by atoms with van der Waals surface area (Å²) in [5.41, 5.74) is 3.98. The molecule has 1 aromatic heterocycles. The van der Waals surface area contributed by atoms with E-state index in [1.54, 1.807) is 0 Å². The highest BCUT2D eigenvalue weighted by molar-refractivity contribution is 5.85. The first-order chi connectivity index (χ1) is 7.52. The number of anilines is 1. The zero-order valence-electron chi connectivity index (χ0n) is 10.5. The lowest BCUT2D eigenvalue weighted by atomic mass is 9.85. The van der Waals surface area contributed by atoms with Gasteiger partial charge in [-0.25, -0.2) is 0 Å². The number of aromatic amines is 1. The number of rotatable bonds is 2. The average molecular weight is 216 g/mol. The van der Waals surface area contributed by atoms with E-state index in [0.29, 0.717) is 0 Å². The Balaban J connectivity index is 2.62. The number of H-pyrrole nitrogens is 1. The summed E-state index contributed by atoms with van der Waals surface area (Å²) < 4.78 is 0. The van der Waals surface area contributed by atoms with Gasteiger partial charge in [-0.1, -0.05) is 20.8 Å². The molecule has 0 aliphatic carbocycles. The molecule has 0 atom stereocenters. The summed E-state index contributed by atoms with van der Waals surface area (Å²) in [6, 6.07) is 6.61. The average Bonchev–Trinajstić information content (AvgIpc) is 2.62. The maximum atomic E-state index is 3.44. The van der Waals surface area contributed by atoms with Crippen molar-refractivity contribution in [1.29, 1.82) is 0 Å². The van der Waals surface area contributed by atoms with E-state index in [4.69, 9.17) is 0 Å². The molecule has 2 aromatic rings. The third-order valence-electron chi connectivity index (χ3n) is 2.87. The molecule has 2 rings (SSSR count). The van der Waals surface area contributed by atoms with E-state index < -0.39 is 0 Å². The molecule has 0 radical (unpaired) electrons. The molecule has 0 saturated carbocycles. The third-order valence-corrected chi connectivity index (χ3v) is 2.87. The van der Waals surface area contributed by atoms with Gasteiger partial charge in [0.2, 0.25) is 0 Å². The molecule has 2 heteroatoms. The van der Waals surface area contributed by atoms with E-state index >= 15 is 0 Å². The zero-order chi connectivity index (χ0) is 11.8. The summed E-state index contributed by atoms with van der Waals surface area (Å²) in [5.74, 6) is 0. The minimum absolute atomic E-state index is 0.170. The van der Waals surface area contributed by atoms with Gasteiger partial charge >= 0.3 is 0 Å². The second kappa shape index (κ2) is 3.85. The van der Waals surface area contributed by atoms with Crippen LogP contribution in [0.2, 0.25) is 0 Å². The van der Waals surface area contributed by atoms with E-state index in [2.05, 4.69) is 56.2 Å². The molecule has 0 saturated heterocycles. The normalized spacial score (nSPS) is 12.0. The number of nitrogens with one attached hydrogen (secondary N) is 2. The molecule has 0 amide bonds. The smallest absolute Gasteiger partial charge is 0.0474 e. The van der Waals surface area contributed by atoms with Gasteiger partial charge in [0.05, 0.1) is 0 Å². The van der Waals surface area contributed by atoms with Gasteiger partial charge in [-0.2, -0.15) is 0 Å². The molecule has 0 aliphatic rings. The van der Waals surface area contributed by atoms with Crippen LogP contribution in [0.5, 0.6) is 0 Å².